The van der Waals surface area contributed by atoms with E-state index in [1.165, 1.54) is 0 Å². The number of nitrogens with zero attached hydrogens (tertiary/aromatic N) is 1. The fraction of sp³-hybridized carbons (Fsp3) is 0.500. The largest absolute Gasteiger partial charge is 0.869 e. The molecule has 58 heavy (non-hydrogen) atoms. The SMILES string of the molecule is C[N+](C)(C)C.O=C(/C=C(\[O-])C(F)(F)F)C(F)(F)F.O=C(/C=C(\[O-])C(F)(F)F)C(F)(F)F.O=C(/C=C(\[O-])C(F)(F)F)C(F)(F)F.O=C(/C=C(\[O-])C(F)(F)F)C(F)(F)F.[Lr]. The molecule has 0 N–H and O–H groups in total. The van der Waals surface area contributed by atoms with Gasteiger partial charge in [0, 0.05) is 0 Å². The van der Waals surface area contributed by atoms with Gasteiger partial charge in [0.05, 0.1) is 28.2 Å². The summed E-state index contributed by atoms with van der Waals surface area (Å²) in [5.41, 5.74) is 0. The van der Waals surface area contributed by atoms with Crippen molar-refractivity contribution in [2.75, 3.05) is 28.2 Å². The molecule has 0 bridgehead atoms. The Morgan fingerprint density at radius 2 is 0.397 bits per heavy atom. The maximum Gasteiger partial charge on any atom is 0.454 e. The minimum atomic E-state index is -5.46. The zero-order chi connectivity index (χ0) is 47.9. The van der Waals surface area contributed by atoms with Crippen LogP contribution in [0, 0.1) is 0 Å². The normalized spacial score (nSPS) is 14.0. The Bertz CT molecular complexity index is 1250. The number of halogens is 24. The summed E-state index contributed by atoms with van der Waals surface area (Å²) < 4.78 is 272. The van der Waals surface area contributed by atoms with Crippen LogP contribution in [0.2, 0.25) is 0 Å². The summed E-state index contributed by atoms with van der Waals surface area (Å²) in [6.07, 6.45) is -47.8. The Morgan fingerprint density at radius 1 is 0.310 bits per heavy atom. The number of hydrogen-bond acceptors (Lipinski definition) is 8. The van der Waals surface area contributed by atoms with E-state index in [4.69, 9.17) is 0 Å². The molecule has 351 valence electrons. The Hall–Kier alpha value is -5.88. The Balaban J connectivity index is -0.000000148. The molecule has 0 aliphatic rings. The van der Waals surface area contributed by atoms with Gasteiger partial charge in [0.2, 0.25) is 0 Å². The standard InChI is InChI=1S/4C5H2F6O2.C4H12N.Lr/c4*6-4(7,8)2(12)1-3(13)5(9,10)11;1-5(2,3)4;/h4*1,12H;1-4H3;/q;;;;+1;/p-4/b4*2-1-;;. The summed E-state index contributed by atoms with van der Waals surface area (Å²) in [4.78, 5) is 39.3. The molecule has 9 nitrogen and oxygen atoms in total. The van der Waals surface area contributed by atoms with Crippen LogP contribution in [-0.4, -0.2) is 105 Å². The van der Waals surface area contributed by atoms with Crippen LogP contribution in [0.3, 0.4) is 0 Å². The van der Waals surface area contributed by atoms with Crippen molar-refractivity contribution >= 4 is 23.1 Å². The fourth-order valence-electron chi connectivity index (χ4n) is 1.13. The van der Waals surface area contributed by atoms with Crippen molar-refractivity contribution in [2.24, 2.45) is 0 Å². The van der Waals surface area contributed by atoms with Gasteiger partial charge in [0.25, 0.3) is 23.1 Å². The van der Waals surface area contributed by atoms with Crippen molar-refractivity contribution in [1.29, 1.82) is 0 Å². The second-order valence-electron chi connectivity index (χ2n) is 10.2. The molecule has 0 spiro atoms. The van der Waals surface area contributed by atoms with Crippen LogP contribution < -0.4 is 20.4 Å². The van der Waals surface area contributed by atoms with Crippen molar-refractivity contribution < 1.29 is 149 Å². The number of hydrogen-bond donors (Lipinski definition) is 0. The first-order chi connectivity index (χ1) is 24.2. The second kappa shape index (κ2) is 22.2. The van der Waals surface area contributed by atoms with E-state index >= 15 is 0 Å². The van der Waals surface area contributed by atoms with Gasteiger partial charge >= 0.3 is 49.4 Å². The first kappa shape index (κ1) is 64.0. The maximum atomic E-state index is 11.3. The van der Waals surface area contributed by atoms with Gasteiger partial charge in [-0.05, 0) is 47.3 Å². The molecule has 0 saturated heterocycles. The number of rotatable bonds is 4. The fourth-order valence-corrected chi connectivity index (χ4v) is 1.13. The Labute approximate surface area is 298 Å². The molecule has 1 radical (unpaired) electrons. The molecule has 0 aliphatic heterocycles. The zero-order valence-electron chi connectivity index (χ0n) is 27.4. The van der Waals surface area contributed by atoms with Crippen LogP contribution in [0.4, 0.5) is 105 Å². The van der Waals surface area contributed by atoms with E-state index in [9.17, 15) is 145 Å². The van der Waals surface area contributed by atoms with Crippen molar-refractivity contribution in [3.8, 4) is 0 Å². The van der Waals surface area contributed by atoms with Gasteiger partial charge in [-0.2, -0.15) is 105 Å². The number of ketones is 4. The molecular weight excluding hydrogens is 1150 g/mol. The van der Waals surface area contributed by atoms with Gasteiger partial charge in [-0.25, -0.2) is 0 Å². The summed E-state index contributed by atoms with van der Waals surface area (Å²) in [6, 6.07) is 0. The first-order valence-electron chi connectivity index (χ1n) is 12.3. The molecule has 34 heteroatoms. The summed E-state index contributed by atoms with van der Waals surface area (Å²) >= 11 is 0. The summed E-state index contributed by atoms with van der Waals surface area (Å²) in [5, 5.41) is 39.3. The van der Waals surface area contributed by atoms with Gasteiger partial charge in [-0.1, -0.05) is 0 Å². The number of alkyl halides is 24. The van der Waals surface area contributed by atoms with E-state index in [1.54, 1.807) is 0 Å². The molecule has 0 fully saturated rings. The molecule has 0 aliphatic carbocycles. The molecule has 0 aromatic heterocycles. The third-order valence-corrected chi connectivity index (χ3v) is 3.28. The predicted molar refractivity (Wildman–Crippen MR) is 125 cm³/mol. The maximum absolute atomic E-state index is 11.3. The van der Waals surface area contributed by atoms with E-state index in [2.05, 4.69) is 28.2 Å². The van der Waals surface area contributed by atoms with Crippen molar-refractivity contribution in [3.63, 3.8) is 0 Å². The zero-order valence-corrected chi connectivity index (χ0v) is 29.5. The molecule has 0 heterocycles. The van der Waals surface area contributed by atoms with Crippen molar-refractivity contribution in [2.45, 2.75) is 49.4 Å². The van der Waals surface area contributed by atoms with E-state index in [0.29, 0.717) is 0 Å². The Morgan fingerprint density at radius 3 is 0.448 bits per heavy atom. The van der Waals surface area contributed by atoms with Crippen LogP contribution in [-0.2, 0) is 19.2 Å². The average molecular weight is 1160 g/mol. The van der Waals surface area contributed by atoms with E-state index in [0.717, 1.165) is 4.48 Å². The Kier molecular flexibility index (Phi) is 24.5. The van der Waals surface area contributed by atoms with E-state index in [1.807, 2.05) is 0 Å². The van der Waals surface area contributed by atoms with Crippen molar-refractivity contribution in [3.05, 3.63) is 47.3 Å². The monoisotopic (exact) mass is 1160 g/mol. The first-order valence-corrected chi connectivity index (χ1v) is 12.3. The minimum absolute atomic E-state index is 0. The van der Waals surface area contributed by atoms with E-state index in [-0.39, 0.29) is 0 Å². The summed E-state index contributed by atoms with van der Waals surface area (Å²) in [7, 11) is 8.50. The number of allylic oxidation sites excluding steroid dienone is 8. The topological polar surface area (TPSA) is 161 Å². The van der Waals surface area contributed by atoms with Gasteiger partial charge < -0.3 is 24.9 Å². The van der Waals surface area contributed by atoms with Crippen LogP contribution >= 0.6 is 0 Å². The summed E-state index contributed by atoms with van der Waals surface area (Å²) in [5.74, 6) is -22.6. The smallest absolute Gasteiger partial charge is 0.454 e. The van der Waals surface area contributed by atoms with Gasteiger partial charge in [-0.3, -0.25) is 19.2 Å². The van der Waals surface area contributed by atoms with Gasteiger partial charge in [0.15, 0.2) is 0 Å². The van der Waals surface area contributed by atoms with Crippen LogP contribution in [0.5, 0.6) is 0 Å². The van der Waals surface area contributed by atoms with Gasteiger partial charge in [0.1, 0.15) is 0 Å². The molecule has 0 unspecified atom stereocenters. The molecule has 0 atom stereocenters. The van der Waals surface area contributed by atoms with Crippen LogP contribution in [0.25, 0.3) is 0 Å². The molecule has 0 saturated carbocycles. The number of carbonyl (C=O) groups excluding carboxylic acids is 4. The van der Waals surface area contributed by atoms with Gasteiger partial charge in [-0.15, -0.1) is 0 Å². The second-order valence-corrected chi connectivity index (χ2v) is 10.2. The molecule has 0 aromatic carbocycles. The quantitative estimate of drug-likeness (QED) is 0.177. The average Bonchev–Trinajstić information content (AvgIpc) is 2.88. The van der Waals surface area contributed by atoms with Crippen LogP contribution in [0.15, 0.2) is 47.3 Å². The minimum Gasteiger partial charge on any atom is -0.869 e. The molecule has 0 aromatic rings. The third-order valence-electron chi connectivity index (χ3n) is 3.28. The van der Waals surface area contributed by atoms with Crippen LogP contribution in [0.1, 0.15) is 0 Å². The molecule has 0 rings (SSSR count). The molecular formula is C24H16F24LrNO8-3. The molecule has 0 amide bonds. The number of quaternary nitrogens is 1. The third kappa shape index (κ3) is 35.8. The van der Waals surface area contributed by atoms with E-state index < -0.39 is 120 Å². The summed E-state index contributed by atoms with van der Waals surface area (Å²) in [6.45, 7) is 0. The number of carbonyl (C=O) groups is 4. The predicted octanol–water partition coefficient (Wildman–Crippen LogP) is 4.02. The van der Waals surface area contributed by atoms with Crippen molar-refractivity contribution in [1.82, 2.24) is 0 Å².